The van der Waals surface area contributed by atoms with Crippen molar-refractivity contribution < 1.29 is 14.7 Å². The molecular formula is C14H26N2O3. The van der Waals surface area contributed by atoms with E-state index in [1.165, 1.54) is 0 Å². The molecule has 0 spiro atoms. The van der Waals surface area contributed by atoms with Crippen molar-refractivity contribution in [2.45, 2.75) is 52.5 Å². The molecule has 0 saturated carbocycles. The summed E-state index contributed by atoms with van der Waals surface area (Å²) in [5.41, 5.74) is -0.478. The molecule has 1 saturated heterocycles. The zero-order chi connectivity index (χ0) is 14.5. The molecule has 1 fully saturated rings. The summed E-state index contributed by atoms with van der Waals surface area (Å²) in [6.07, 6.45) is 3.55. The predicted molar refractivity (Wildman–Crippen MR) is 73.8 cm³/mol. The number of rotatable bonds is 5. The molecule has 1 heterocycles. The van der Waals surface area contributed by atoms with Crippen molar-refractivity contribution in [2.24, 2.45) is 11.3 Å². The summed E-state index contributed by atoms with van der Waals surface area (Å²) in [6, 6.07) is -0.829. The van der Waals surface area contributed by atoms with E-state index in [0.717, 1.165) is 32.4 Å². The zero-order valence-electron chi connectivity index (χ0n) is 12.2. The summed E-state index contributed by atoms with van der Waals surface area (Å²) < 4.78 is 0. The number of carboxylic acid groups (broad SMARTS) is 1. The minimum absolute atomic E-state index is 0.159. The van der Waals surface area contributed by atoms with Gasteiger partial charge in [0.1, 0.15) is 6.04 Å². The van der Waals surface area contributed by atoms with Gasteiger partial charge in [-0.25, -0.2) is 4.79 Å². The van der Waals surface area contributed by atoms with Crippen molar-refractivity contribution >= 4 is 11.9 Å². The van der Waals surface area contributed by atoms with Gasteiger partial charge in [0.05, 0.1) is 0 Å². The monoisotopic (exact) mass is 270 g/mol. The Kier molecular flexibility index (Phi) is 5.79. The molecule has 0 aliphatic carbocycles. The van der Waals surface area contributed by atoms with Gasteiger partial charge in [-0.2, -0.15) is 0 Å². The van der Waals surface area contributed by atoms with Crippen molar-refractivity contribution in [1.29, 1.82) is 0 Å². The van der Waals surface area contributed by atoms with E-state index < -0.39 is 17.4 Å². The predicted octanol–water partition coefficient (Wildman–Crippen LogP) is 1.38. The summed E-state index contributed by atoms with van der Waals surface area (Å²) in [7, 11) is 0. The summed E-state index contributed by atoms with van der Waals surface area (Å²) in [6.45, 7) is 7.48. The minimum Gasteiger partial charge on any atom is -0.480 e. The smallest absolute Gasteiger partial charge is 0.326 e. The Hall–Kier alpha value is -1.10. The molecule has 0 aromatic rings. The maximum atomic E-state index is 11.9. The van der Waals surface area contributed by atoms with Gasteiger partial charge < -0.3 is 15.7 Å². The fourth-order valence-corrected chi connectivity index (χ4v) is 2.39. The molecule has 0 aromatic carbocycles. The number of carbonyl (C=O) groups is 2. The van der Waals surface area contributed by atoms with Crippen LogP contribution in [0.1, 0.15) is 46.5 Å². The van der Waals surface area contributed by atoms with Gasteiger partial charge in [-0.3, -0.25) is 4.79 Å². The molecule has 1 rings (SSSR count). The molecule has 3 N–H and O–H groups in total. The van der Waals surface area contributed by atoms with E-state index in [2.05, 4.69) is 10.6 Å². The number of nitrogens with one attached hydrogen (secondary N) is 2. The number of carbonyl (C=O) groups excluding carboxylic acids is 1. The number of carboxylic acids is 1. The van der Waals surface area contributed by atoms with E-state index in [-0.39, 0.29) is 5.91 Å². The number of hydrogen-bond acceptors (Lipinski definition) is 3. The average molecular weight is 270 g/mol. The van der Waals surface area contributed by atoms with Gasteiger partial charge in [-0.05, 0) is 43.7 Å². The summed E-state index contributed by atoms with van der Waals surface area (Å²) in [5.74, 6) is -0.592. The molecule has 1 aliphatic rings. The Balaban J connectivity index is 2.38. The lowest BCUT2D eigenvalue weighted by Crippen LogP contribution is -2.49. The third kappa shape index (κ3) is 5.59. The SMILES string of the molecule is CC(C)(C)C(NC(=O)CCC1CCCNC1)C(=O)O. The normalized spacial score (nSPS) is 21.7. The van der Waals surface area contributed by atoms with Crippen molar-refractivity contribution in [1.82, 2.24) is 10.6 Å². The standard InChI is InChI=1S/C14H26N2O3/c1-14(2,3)12(13(18)19)16-11(17)7-6-10-5-4-8-15-9-10/h10,12,15H,4-9H2,1-3H3,(H,16,17)(H,18,19). The molecule has 110 valence electrons. The van der Waals surface area contributed by atoms with E-state index in [9.17, 15) is 9.59 Å². The highest BCUT2D eigenvalue weighted by atomic mass is 16.4. The van der Waals surface area contributed by atoms with Crippen molar-refractivity contribution in [3.05, 3.63) is 0 Å². The highest BCUT2D eigenvalue weighted by Crippen LogP contribution is 2.20. The van der Waals surface area contributed by atoms with E-state index in [1.807, 2.05) is 20.8 Å². The summed E-state index contributed by atoms with van der Waals surface area (Å²) in [5, 5.41) is 15.1. The molecule has 5 nitrogen and oxygen atoms in total. The van der Waals surface area contributed by atoms with Gasteiger partial charge in [-0.15, -0.1) is 0 Å². The summed E-state index contributed by atoms with van der Waals surface area (Å²) in [4.78, 5) is 23.0. The first-order valence-electron chi connectivity index (χ1n) is 7.03. The van der Waals surface area contributed by atoms with Crippen molar-refractivity contribution in [3.8, 4) is 0 Å². The molecule has 0 aromatic heterocycles. The first kappa shape index (κ1) is 16.0. The van der Waals surface area contributed by atoms with E-state index in [1.54, 1.807) is 0 Å². The molecule has 0 bridgehead atoms. The highest BCUT2D eigenvalue weighted by molar-refractivity contribution is 5.84. The van der Waals surface area contributed by atoms with Crippen molar-refractivity contribution in [2.75, 3.05) is 13.1 Å². The molecule has 1 amide bonds. The molecule has 2 unspecified atom stereocenters. The lowest BCUT2D eigenvalue weighted by atomic mass is 9.86. The van der Waals surface area contributed by atoms with Crippen LogP contribution in [0.15, 0.2) is 0 Å². The quantitative estimate of drug-likeness (QED) is 0.705. The fraction of sp³-hybridized carbons (Fsp3) is 0.857. The van der Waals surface area contributed by atoms with Crippen LogP contribution in [-0.4, -0.2) is 36.1 Å². The Morgan fingerprint density at radius 1 is 1.42 bits per heavy atom. The lowest BCUT2D eigenvalue weighted by molar-refractivity contribution is -0.145. The molecule has 5 heteroatoms. The number of hydrogen-bond donors (Lipinski definition) is 3. The Bertz CT molecular complexity index is 317. The van der Waals surface area contributed by atoms with E-state index in [4.69, 9.17) is 5.11 Å². The molecule has 19 heavy (non-hydrogen) atoms. The number of amides is 1. The van der Waals surface area contributed by atoms with Crippen LogP contribution >= 0.6 is 0 Å². The molecule has 2 atom stereocenters. The Morgan fingerprint density at radius 2 is 2.11 bits per heavy atom. The first-order valence-corrected chi connectivity index (χ1v) is 7.03. The van der Waals surface area contributed by atoms with Crippen LogP contribution in [0, 0.1) is 11.3 Å². The highest BCUT2D eigenvalue weighted by Gasteiger charge is 2.32. The largest absolute Gasteiger partial charge is 0.480 e. The molecule has 0 radical (unpaired) electrons. The number of piperidine rings is 1. The third-order valence-corrected chi connectivity index (χ3v) is 3.60. The van der Waals surface area contributed by atoms with Gasteiger partial charge in [0.2, 0.25) is 5.91 Å². The van der Waals surface area contributed by atoms with Gasteiger partial charge in [0.15, 0.2) is 0 Å². The third-order valence-electron chi connectivity index (χ3n) is 3.60. The van der Waals surface area contributed by atoms with Crippen LogP contribution in [0.2, 0.25) is 0 Å². The topological polar surface area (TPSA) is 78.4 Å². The second kappa shape index (κ2) is 6.89. The maximum absolute atomic E-state index is 11.9. The second-order valence-corrected chi connectivity index (χ2v) is 6.46. The lowest BCUT2D eigenvalue weighted by Gasteiger charge is -2.28. The van der Waals surface area contributed by atoms with Gasteiger partial charge in [0, 0.05) is 6.42 Å². The number of aliphatic carboxylic acids is 1. The van der Waals surface area contributed by atoms with E-state index in [0.29, 0.717) is 12.3 Å². The minimum atomic E-state index is -0.972. The van der Waals surface area contributed by atoms with Crippen LogP contribution in [-0.2, 0) is 9.59 Å². The molecule has 1 aliphatic heterocycles. The summed E-state index contributed by atoms with van der Waals surface area (Å²) >= 11 is 0. The van der Waals surface area contributed by atoms with Crippen LogP contribution in [0.3, 0.4) is 0 Å². The van der Waals surface area contributed by atoms with Crippen LogP contribution in [0.25, 0.3) is 0 Å². The second-order valence-electron chi connectivity index (χ2n) is 6.46. The van der Waals surface area contributed by atoms with Crippen LogP contribution in [0.5, 0.6) is 0 Å². The fourth-order valence-electron chi connectivity index (χ4n) is 2.39. The van der Waals surface area contributed by atoms with Gasteiger partial charge in [-0.1, -0.05) is 20.8 Å². The first-order chi connectivity index (χ1) is 8.80. The average Bonchev–Trinajstić information content (AvgIpc) is 2.33. The van der Waals surface area contributed by atoms with E-state index >= 15 is 0 Å². The Labute approximate surface area is 115 Å². The van der Waals surface area contributed by atoms with Gasteiger partial charge in [0.25, 0.3) is 0 Å². The maximum Gasteiger partial charge on any atom is 0.326 e. The molecular weight excluding hydrogens is 244 g/mol. The van der Waals surface area contributed by atoms with Crippen LogP contribution < -0.4 is 10.6 Å². The van der Waals surface area contributed by atoms with Crippen molar-refractivity contribution in [3.63, 3.8) is 0 Å². The van der Waals surface area contributed by atoms with Gasteiger partial charge >= 0.3 is 5.97 Å². The zero-order valence-corrected chi connectivity index (χ0v) is 12.2. The Morgan fingerprint density at radius 3 is 2.58 bits per heavy atom. The van der Waals surface area contributed by atoms with Crippen LogP contribution in [0.4, 0.5) is 0 Å².